The molecule has 2 amide bonds. The van der Waals surface area contributed by atoms with Gasteiger partial charge in [-0.15, -0.1) is 0 Å². The molecule has 0 aromatic heterocycles. The number of rotatable bonds is 8. The van der Waals surface area contributed by atoms with E-state index in [1.807, 2.05) is 31.7 Å². The van der Waals surface area contributed by atoms with Gasteiger partial charge < -0.3 is 15.1 Å². The van der Waals surface area contributed by atoms with Gasteiger partial charge in [-0.3, -0.25) is 9.59 Å². The first-order chi connectivity index (χ1) is 12.5. The second-order valence-electron chi connectivity index (χ2n) is 7.69. The molecule has 1 aromatic rings. The van der Waals surface area contributed by atoms with Crippen LogP contribution < -0.4 is 10.2 Å². The lowest BCUT2D eigenvalue weighted by molar-refractivity contribution is -0.882. The summed E-state index contributed by atoms with van der Waals surface area (Å²) in [6.07, 6.45) is 3.23. The van der Waals surface area contributed by atoms with Crippen LogP contribution in [0, 0.1) is 5.92 Å². The van der Waals surface area contributed by atoms with E-state index >= 15 is 0 Å². The van der Waals surface area contributed by atoms with Gasteiger partial charge in [-0.1, -0.05) is 30.3 Å². The second-order valence-corrected chi connectivity index (χ2v) is 7.69. The van der Waals surface area contributed by atoms with Gasteiger partial charge in [0.05, 0.1) is 6.54 Å². The highest BCUT2D eigenvalue weighted by molar-refractivity contribution is 5.79. The zero-order chi connectivity index (χ0) is 18.9. The molecule has 0 saturated carbocycles. The molecule has 1 aromatic carbocycles. The van der Waals surface area contributed by atoms with E-state index in [-0.39, 0.29) is 17.9 Å². The Balaban J connectivity index is 1.75. The van der Waals surface area contributed by atoms with E-state index in [0.29, 0.717) is 19.0 Å². The minimum atomic E-state index is 0.0196. The lowest BCUT2D eigenvalue weighted by Crippen LogP contribution is -3.14. The van der Waals surface area contributed by atoms with E-state index in [0.717, 1.165) is 43.8 Å². The molecule has 1 fully saturated rings. The SMILES string of the molecule is CC[NH+](CC(=O)NC(C)C)CC(=O)N1CCC(Cc2ccccc2)CC1. The first-order valence-corrected chi connectivity index (χ1v) is 9.92. The Bertz CT molecular complexity index is 566. The Morgan fingerprint density at radius 1 is 1.15 bits per heavy atom. The molecular formula is C21H34N3O2+. The molecule has 0 aliphatic carbocycles. The van der Waals surface area contributed by atoms with E-state index in [1.165, 1.54) is 5.56 Å². The van der Waals surface area contributed by atoms with Crippen molar-refractivity contribution in [2.24, 2.45) is 5.92 Å². The van der Waals surface area contributed by atoms with Crippen LogP contribution in [0.4, 0.5) is 0 Å². The summed E-state index contributed by atoms with van der Waals surface area (Å²) < 4.78 is 0. The number of amides is 2. The maximum absolute atomic E-state index is 12.6. The lowest BCUT2D eigenvalue weighted by atomic mass is 9.90. The molecule has 1 heterocycles. The number of benzene rings is 1. The van der Waals surface area contributed by atoms with Crippen LogP contribution in [0.5, 0.6) is 0 Å². The van der Waals surface area contributed by atoms with Gasteiger partial charge in [0.2, 0.25) is 0 Å². The van der Waals surface area contributed by atoms with Crippen molar-refractivity contribution in [1.82, 2.24) is 10.2 Å². The molecule has 2 rings (SSSR count). The normalized spacial score (nSPS) is 16.5. The summed E-state index contributed by atoms with van der Waals surface area (Å²) in [5.41, 5.74) is 1.38. The average Bonchev–Trinajstić information content (AvgIpc) is 2.62. The van der Waals surface area contributed by atoms with Gasteiger partial charge in [-0.25, -0.2) is 0 Å². The number of hydrogen-bond donors (Lipinski definition) is 2. The smallest absolute Gasteiger partial charge is 0.277 e. The van der Waals surface area contributed by atoms with Crippen LogP contribution in [0.25, 0.3) is 0 Å². The molecule has 1 saturated heterocycles. The highest BCUT2D eigenvalue weighted by Gasteiger charge is 2.26. The summed E-state index contributed by atoms with van der Waals surface area (Å²) in [6, 6.07) is 10.7. The minimum Gasteiger partial charge on any atom is -0.349 e. The summed E-state index contributed by atoms with van der Waals surface area (Å²) in [5.74, 6) is 0.858. The number of piperidine rings is 1. The topological polar surface area (TPSA) is 53.9 Å². The van der Waals surface area contributed by atoms with Crippen molar-refractivity contribution in [2.45, 2.75) is 46.1 Å². The number of likely N-dealkylation sites (tertiary alicyclic amines) is 1. The first-order valence-electron chi connectivity index (χ1n) is 9.92. The second kappa shape index (κ2) is 10.3. The van der Waals surface area contributed by atoms with Gasteiger partial charge in [0, 0.05) is 19.1 Å². The zero-order valence-corrected chi connectivity index (χ0v) is 16.5. The van der Waals surface area contributed by atoms with Crippen LogP contribution in [0.3, 0.4) is 0 Å². The number of nitrogens with one attached hydrogen (secondary N) is 2. The number of nitrogens with zero attached hydrogens (tertiary/aromatic N) is 1. The van der Waals surface area contributed by atoms with E-state index in [9.17, 15) is 9.59 Å². The Kier molecular flexibility index (Phi) is 8.10. The van der Waals surface area contributed by atoms with Gasteiger partial charge in [-0.05, 0) is 51.5 Å². The molecule has 5 nitrogen and oxygen atoms in total. The molecule has 1 atom stereocenters. The molecule has 0 spiro atoms. The van der Waals surface area contributed by atoms with Crippen LogP contribution in [-0.2, 0) is 16.0 Å². The van der Waals surface area contributed by atoms with E-state index in [2.05, 4.69) is 29.6 Å². The molecule has 2 N–H and O–H groups in total. The van der Waals surface area contributed by atoms with Crippen molar-refractivity contribution in [2.75, 3.05) is 32.7 Å². The maximum atomic E-state index is 12.6. The Hall–Kier alpha value is -1.88. The summed E-state index contributed by atoms with van der Waals surface area (Å²) in [6.45, 7) is 9.16. The molecule has 144 valence electrons. The predicted octanol–water partition coefficient (Wildman–Crippen LogP) is 0.897. The fraction of sp³-hybridized carbons (Fsp3) is 0.619. The number of hydrogen-bond acceptors (Lipinski definition) is 2. The number of carbonyl (C=O) groups excluding carboxylic acids is 2. The Morgan fingerprint density at radius 2 is 1.81 bits per heavy atom. The third-order valence-electron chi connectivity index (χ3n) is 5.10. The summed E-state index contributed by atoms with van der Waals surface area (Å²) in [4.78, 5) is 27.6. The third kappa shape index (κ3) is 6.79. The van der Waals surface area contributed by atoms with E-state index < -0.39 is 0 Å². The molecule has 0 radical (unpaired) electrons. The predicted molar refractivity (Wildman–Crippen MR) is 104 cm³/mol. The third-order valence-corrected chi connectivity index (χ3v) is 5.10. The van der Waals surface area contributed by atoms with Crippen molar-refractivity contribution < 1.29 is 14.5 Å². The molecule has 5 heteroatoms. The molecular weight excluding hydrogens is 326 g/mol. The van der Waals surface area contributed by atoms with Crippen molar-refractivity contribution >= 4 is 11.8 Å². The fourth-order valence-electron chi connectivity index (χ4n) is 3.57. The van der Waals surface area contributed by atoms with Gasteiger partial charge >= 0.3 is 0 Å². The summed E-state index contributed by atoms with van der Waals surface area (Å²) in [5, 5.41) is 2.90. The standard InChI is InChI=1S/C21H33N3O2/c1-4-23(15-20(25)22-17(2)3)16-21(26)24-12-10-19(11-13-24)14-18-8-6-5-7-9-18/h5-9,17,19H,4,10-16H2,1-3H3,(H,22,25)/p+1. The van der Waals surface area contributed by atoms with Crippen LogP contribution in [-0.4, -0.2) is 55.5 Å². The van der Waals surface area contributed by atoms with Crippen LogP contribution in [0.2, 0.25) is 0 Å². The van der Waals surface area contributed by atoms with Crippen LogP contribution in [0.15, 0.2) is 30.3 Å². The highest BCUT2D eigenvalue weighted by atomic mass is 16.2. The fourth-order valence-corrected chi connectivity index (χ4v) is 3.57. The Labute approximate surface area is 157 Å². The molecule has 1 aliphatic rings. The van der Waals surface area contributed by atoms with E-state index in [4.69, 9.17) is 0 Å². The van der Waals surface area contributed by atoms with E-state index in [1.54, 1.807) is 0 Å². The van der Waals surface area contributed by atoms with Crippen molar-refractivity contribution in [3.8, 4) is 0 Å². The summed E-state index contributed by atoms with van der Waals surface area (Å²) >= 11 is 0. The van der Waals surface area contributed by atoms with Gasteiger partial charge in [0.1, 0.15) is 0 Å². The molecule has 1 unspecified atom stereocenters. The average molecular weight is 361 g/mol. The minimum absolute atomic E-state index is 0.0196. The Morgan fingerprint density at radius 3 is 2.38 bits per heavy atom. The largest absolute Gasteiger partial charge is 0.349 e. The zero-order valence-electron chi connectivity index (χ0n) is 16.5. The number of quaternary nitrogens is 1. The van der Waals surface area contributed by atoms with Crippen LogP contribution in [0.1, 0.15) is 39.2 Å². The van der Waals surface area contributed by atoms with Gasteiger partial charge in [-0.2, -0.15) is 0 Å². The van der Waals surface area contributed by atoms with Gasteiger partial charge in [0.25, 0.3) is 11.8 Å². The lowest BCUT2D eigenvalue weighted by Gasteiger charge is -2.32. The van der Waals surface area contributed by atoms with Crippen molar-refractivity contribution in [3.63, 3.8) is 0 Å². The number of carbonyl (C=O) groups is 2. The highest BCUT2D eigenvalue weighted by Crippen LogP contribution is 2.21. The van der Waals surface area contributed by atoms with Crippen molar-refractivity contribution in [1.29, 1.82) is 0 Å². The number of likely N-dealkylation sites (N-methyl/N-ethyl adjacent to an activating group) is 1. The monoisotopic (exact) mass is 360 g/mol. The maximum Gasteiger partial charge on any atom is 0.277 e. The quantitative estimate of drug-likeness (QED) is 0.724. The molecule has 26 heavy (non-hydrogen) atoms. The molecule has 0 bridgehead atoms. The first kappa shape index (κ1) is 20.4. The summed E-state index contributed by atoms with van der Waals surface area (Å²) in [7, 11) is 0. The van der Waals surface area contributed by atoms with Crippen LogP contribution >= 0.6 is 0 Å². The van der Waals surface area contributed by atoms with Gasteiger partial charge in [0.15, 0.2) is 13.1 Å². The molecule has 1 aliphatic heterocycles. The van der Waals surface area contributed by atoms with Crippen molar-refractivity contribution in [3.05, 3.63) is 35.9 Å².